The van der Waals surface area contributed by atoms with Gasteiger partial charge in [0.2, 0.25) is 12.7 Å². The van der Waals surface area contributed by atoms with Crippen molar-refractivity contribution in [3.63, 3.8) is 0 Å². The highest BCUT2D eigenvalue weighted by Gasteiger charge is 2.23. The van der Waals surface area contributed by atoms with Crippen LogP contribution in [0.5, 0.6) is 11.5 Å². The van der Waals surface area contributed by atoms with E-state index in [1.807, 2.05) is 18.2 Å². The van der Waals surface area contributed by atoms with Crippen molar-refractivity contribution in [1.82, 2.24) is 24.8 Å². The average molecular weight is 433 g/mol. The van der Waals surface area contributed by atoms with Crippen LogP contribution in [0.25, 0.3) is 39.8 Å². The van der Waals surface area contributed by atoms with E-state index in [9.17, 15) is 8.78 Å². The van der Waals surface area contributed by atoms with Crippen molar-refractivity contribution in [2.45, 2.75) is 6.43 Å². The van der Waals surface area contributed by atoms with Crippen LogP contribution in [0, 0.1) is 0 Å². The van der Waals surface area contributed by atoms with E-state index in [-0.39, 0.29) is 29.9 Å². The Bertz CT molecular complexity index is 1450. The zero-order valence-electron chi connectivity index (χ0n) is 16.3. The van der Waals surface area contributed by atoms with Gasteiger partial charge in [-0.2, -0.15) is 5.10 Å². The van der Waals surface area contributed by atoms with E-state index < -0.39 is 6.43 Å². The molecule has 1 aliphatic rings. The summed E-state index contributed by atoms with van der Waals surface area (Å²) in [6.07, 6.45) is -1.36. The Morgan fingerprint density at radius 1 is 0.875 bits per heavy atom. The molecule has 158 valence electrons. The average Bonchev–Trinajstić information content (AvgIpc) is 3.57. The summed E-state index contributed by atoms with van der Waals surface area (Å²) in [7, 11) is 0. The van der Waals surface area contributed by atoms with Crippen LogP contribution < -0.4 is 9.47 Å². The van der Waals surface area contributed by atoms with Gasteiger partial charge in [0.05, 0.1) is 11.9 Å². The van der Waals surface area contributed by atoms with Gasteiger partial charge in [0.25, 0.3) is 12.3 Å². The van der Waals surface area contributed by atoms with Crippen molar-refractivity contribution in [1.29, 1.82) is 0 Å². The lowest BCUT2D eigenvalue weighted by Crippen LogP contribution is -2.02. The first-order valence-corrected chi connectivity index (χ1v) is 9.63. The first-order chi connectivity index (χ1) is 15.7. The van der Waals surface area contributed by atoms with Crippen LogP contribution in [0.3, 0.4) is 0 Å². The van der Waals surface area contributed by atoms with Gasteiger partial charge in [-0.1, -0.05) is 30.3 Å². The van der Waals surface area contributed by atoms with Crippen molar-refractivity contribution < 1.29 is 22.7 Å². The molecule has 0 aliphatic carbocycles. The number of hydrogen-bond acceptors (Lipinski definition) is 7. The lowest BCUT2D eigenvalue weighted by molar-refractivity contribution is 0.143. The minimum Gasteiger partial charge on any atom is -0.454 e. The fourth-order valence-corrected chi connectivity index (χ4v) is 3.53. The van der Waals surface area contributed by atoms with E-state index >= 15 is 0 Å². The van der Waals surface area contributed by atoms with Crippen LogP contribution in [-0.4, -0.2) is 31.6 Å². The third-order valence-electron chi connectivity index (χ3n) is 5.07. The van der Waals surface area contributed by atoms with Gasteiger partial charge in [0, 0.05) is 11.1 Å². The Morgan fingerprint density at radius 2 is 1.69 bits per heavy atom. The molecular weight excluding hydrogens is 420 g/mol. The third-order valence-corrected chi connectivity index (χ3v) is 5.07. The Morgan fingerprint density at radius 3 is 2.53 bits per heavy atom. The summed E-state index contributed by atoms with van der Waals surface area (Å²) < 4.78 is 45.2. The maximum absolute atomic E-state index is 13.8. The molecule has 0 saturated carbocycles. The van der Waals surface area contributed by atoms with Crippen LogP contribution in [0.4, 0.5) is 8.78 Å². The fraction of sp³-hybridized carbons (Fsp3) is 0.0909. The molecule has 3 aromatic heterocycles. The molecule has 0 saturated heterocycles. The molecule has 0 bridgehead atoms. The molecule has 0 amide bonds. The largest absolute Gasteiger partial charge is 0.454 e. The van der Waals surface area contributed by atoms with E-state index in [0.29, 0.717) is 33.9 Å². The summed E-state index contributed by atoms with van der Waals surface area (Å²) in [6.45, 7) is 0.151. The van der Waals surface area contributed by atoms with Gasteiger partial charge in [0.1, 0.15) is 11.3 Å². The molecule has 0 fully saturated rings. The second kappa shape index (κ2) is 7.12. The molecule has 4 heterocycles. The zero-order valence-corrected chi connectivity index (χ0v) is 16.3. The highest BCUT2D eigenvalue weighted by molar-refractivity contribution is 5.75. The van der Waals surface area contributed by atoms with Crippen molar-refractivity contribution in [2.24, 2.45) is 0 Å². The molecule has 0 radical (unpaired) electrons. The SMILES string of the molecule is FC(F)c1cc(-c2ccccc2)nc2c(-c3nnc(-c4ccc5c(c4)OCO5)o3)cnn12. The molecule has 2 aromatic carbocycles. The van der Waals surface area contributed by atoms with Gasteiger partial charge in [-0.15, -0.1) is 10.2 Å². The number of rotatable bonds is 4. The second-order valence-corrected chi connectivity index (χ2v) is 7.01. The first kappa shape index (κ1) is 18.4. The van der Waals surface area contributed by atoms with Crippen LogP contribution in [0.2, 0.25) is 0 Å². The van der Waals surface area contributed by atoms with E-state index in [2.05, 4.69) is 20.3 Å². The molecular formula is C22H13F2N5O3. The Labute approximate surface area is 179 Å². The van der Waals surface area contributed by atoms with Crippen molar-refractivity contribution in [3.8, 4) is 45.7 Å². The van der Waals surface area contributed by atoms with Gasteiger partial charge in [-0.05, 0) is 24.3 Å². The Balaban J connectivity index is 1.47. The van der Waals surface area contributed by atoms with Gasteiger partial charge in [-0.3, -0.25) is 0 Å². The molecule has 10 heteroatoms. The second-order valence-electron chi connectivity index (χ2n) is 7.01. The number of hydrogen-bond donors (Lipinski definition) is 0. The minimum atomic E-state index is -2.75. The van der Waals surface area contributed by atoms with E-state index in [1.165, 1.54) is 12.3 Å². The molecule has 1 aliphatic heterocycles. The molecule has 5 aromatic rings. The van der Waals surface area contributed by atoms with Crippen LogP contribution in [-0.2, 0) is 0 Å². The summed E-state index contributed by atoms with van der Waals surface area (Å²) in [5.74, 6) is 1.57. The van der Waals surface area contributed by atoms with E-state index in [0.717, 1.165) is 4.52 Å². The predicted octanol–water partition coefficient (Wildman–Crippen LogP) is 4.78. The van der Waals surface area contributed by atoms with Gasteiger partial charge >= 0.3 is 0 Å². The first-order valence-electron chi connectivity index (χ1n) is 9.63. The monoisotopic (exact) mass is 433 g/mol. The van der Waals surface area contributed by atoms with Crippen LogP contribution in [0.15, 0.2) is 65.2 Å². The standard InChI is InChI=1S/C22H13F2N5O3/c23-19(24)16-9-15(12-4-2-1-3-5-12)26-20-14(10-25-29(16)20)22-28-27-21(32-22)13-6-7-17-18(8-13)31-11-30-17/h1-10,19H,11H2. The fourth-order valence-electron chi connectivity index (χ4n) is 3.53. The maximum Gasteiger partial charge on any atom is 0.280 e. The Hall–Kier alpha value is -4.34. The third kappa shape index (κ3) is 2.96. The van der Waals surface area contributed by atoms with Crippen LogP contribution >= 0.6 is 0 Å². The molecule has 6 rings (SSSR count). The number of fused-ring (bicyclic) bond motifs is 2. The summed E-state index contributed by atoms with van der Waals surface area (Å²) >= 11 is 0. The molecule has 8 nitrogen and oxygen atoms in total. The van der Waals surface area contributed by atoms with E-state index in [1.54, 1.807) is 30.3 Å². The Kier molecular flexibility index (Phi) is 4.10. The molecule has 0 unspecified atom stereocenters. The topological polar surface area (TPSA) is 87.6 Å². The van der Waals surface area contributed by atoms with Crippen molar-refractivity contribution in [2.75, 3.05) is 6.79 Å². The van der Waals surface area contributed by atoms with Crippen molar-refractivity contribution in [3.05, 3.63) is 66.5 Å². The quantitative estimate of drug-likeness (QED) is 0.403. The zero-order chi connectivity index (χ0) is 21.7. The lowest BCUT2D eigenvalue weighted by atomic mass is 10.1. The highest BCUT2D eigenvalue weighted by atomic mass is 19.3. The van der Waals surface area contributed by atoms with Crippen LogP contribution in [0.1, 0.15) is 12.1 Å². The summed E-state index contributed by atoms with van der Waals surface area (Å²) in [5.41, 5.74) is 2.00. The highest BCUT2D eigenvalue weighted by Crippen LogP contribution is 2.36. The molecule has 0 spiro atoms. The van der Waals surface area contributed by atoms with E-state index in [4.69, 9.17) is 13.9 Å². The maximum atomic E-state index is 13.8. The minimum absolute atomic E-state index is 0.116. The summed E-state index contributed by atoms with van der Waals surface area (Å²) in [4.78, 5) is 4.56. The number of halogens is 2. The van der Waals surface area contributed by atoms with Gasteiger partial charge in [-0.25, -0.2) is 18.3 Å². The number of ether oxygens (including phenoxy) is 2. The summed E-state index contributed by atoms with van der Waals surface area (Å²) in [5, 5.41) is 12.3. The summed E-state index contributed by atoms with van der Waals surface area (Å²) in [6, 6.07) is 15.7. The number of nitrogens with zero attached hydrogens (tertiary/aromatic N) is 5. The molecule has 0 N–H and O–H groups in total. The van der Waals surface area contributed by atoms with Gasteiger partial charge < -0.3 is 13.9 Å². The lowest BCUT2D eigenvalue weighted by Gasteiger charge is -2.08. The van der Waals surface area contributed by atoms with Crippen molar-refractivity contribution >= 4 is 5.65 Å². The molecule has 32 heavy (non-hydrogen) atoms. The predicted molar refractivity (Wildman–Crippen MR) is 108 cm³/mol. The number of aromatic nitrogens is 5. The van der Waals surface area contributed by atoms with Gasteiger partial charge in [0.15, 0.2) is 17.1 Å². The smallest absolute Gasteiger partial charge is 0.280 e. The number of alkyl halides is 2. The number of benzene rings is 2. The normalized spacial score (nSPS) is 12.7. The molecule has 0 atom stereocenters.